The van der Waals surface area contributed by atoms with Crippen LogP contribution in [-0.4, -0.2) is 42.5 Å². The Labute approximate surface area is 190 Å². The van der Waals surface area contributed by atoms with Crippen LogP contribution in [0.25, 0.3) is 16.5 Å². The van der Waals surface area contributed by atoms with Gasteiger partial charge in [0.15, 0.2) is 0 Å². The van der Waals surface area contributed by atoms with E-state index in [9.17, 15) is 10.5 Å². The van der Waals surface area contributed by atoms with Gasteiger partial charge in [0.2, 0.25) is 0 Å². The molecule has 2 aromatic heterocycles. The summed E-state index contributed by atoms with van der Waals surface area (Å²) in [6.45, 7) is 4.58. The van der Waals surface area contributed by atoms with E-state index in [0.29, 0.717) is 60.9 Å². The van der Waals surface area contributed by atoms with Crippen LogP contribution in [0.1, 0.15) is 18.1 Å². The number of anilines is 3. The summed E-state index contributed by atoms with van der Waals surface area (Å²) in [5.74, 6) is 1.45. The van der Waals surface area contributed by atoms with Crippen molar-refractivity contribution >= 4 is 40.4 Å². The van der Waals surface area contributed by atoms with Gasteiger partial charge in [-0.1, -0.05) is 12.2 Å². The molecule has 0 unspecified atom stereocenters. The van der Waals surface area contributed by atoms with Crippen molar-refractivity contribution in [3.05, 3.63) is 40.0 Å². The Balaban J connectivity index is 2.03. The highest BCUT2D eigenvalue weighted by Crippen LogP contribution is 2.38. The molecule has 0 saturated carbocycles. The third kappa shape index (κ3) is 3.46. The molecule has 1 saturated heterocycles. The summed E-state index contributed by atoms with van der Waals surface area (Å²) in [5.41, 5.74) is 13.9. The van der Waals surface area contributed by atoms with Crippen molar-refractivity contribution in [3.63, 3.8) is 0 Å². The molecule has 10 heteroatoms. The molecule has 0 aliphatic carbocycles. The standard InChI is InChI=1S/C22H21N7O2S/c1-2-31-14-5-3-13(4-6-14)29-20(26)18-17(16(12-24)22(29)32)15(11-23)21(27-19(18)25)28-7-9-30-10-8-28/h3-6H,2,7-10,26H2,1H3,(H2,25,27). The second-order valence-corrected chi connectivity index (χ2v) is 7.48. The Morgan fingerprint density at radius 3 is 2.34 bits per heavy atom. The lowest BCUT2D eigenvalue weighted by atomic mass is 10.0. The molecule has 9 nitrogen and oxygen atoms in total. The molecule has 0 atom stereocenters. The molecule has 0 bridgehead atoms. The van der Waals surface area contributed by atoms with E-state index in [4.69, 9.17) is 33.2 Å². The minimum Gasteiger partial charge on any atom is -0.494 e. The number of nitrogens with two attached hydrogens (primary N) is 2. The number of hydrogen-bond donors (Lipinski definition) is 2. The summed E-state index contributed by atoms with van der Waals surface area (Å²) >= 11 is 5.65. The minimum absolute atomic E-state index is 0.129. The Morgan fingerprint density at radius 1 is 1.09 bits per heavy atom. The summed E-state index contributed by atoms with van der Waals surface area (Å²) in [6, 6.07) is 11.5. The summed E-state index contributed by atoms with van der Waals surface area (Å²) in [7, 11) is 0. The van der Waals surface area contributed by atoms with Gasteiger partial charge in [-0.15, -0.1) is 0 Å². The first-order valence-electron chi connectivity index (χ1n) is 10.1. The number of rotatable bonds is 4. The molecule has 4 rings (SSSR count). The summed E-state index contributed by atoms with van der Waals surface area (Å²) < 4.78 is 12.7. The molecule has 0 amide bonds. The smallest absolute Gasteiger partial charge is 0.149 e. The number of pyridine rings is 2. The highest BCUT2D eigenvalue weighted by Gasteiger charge is 2.25. The van der Waals surface area contributed by atoms with Crippen LogP contribution in [0.2, 0.25) is 0 Å². The molecule has 0 radical (unpaired) electrons. The van der Waals surface area contributed by atoms with Gasteiger partial charge in [-0.2, -0.15) is 10.5 Å². The van der Waals surface area contributed by atoms with E-state index < -0.39 is 0 Å². The lowest BCUT2D eigenvalue weighted by Crippen LogP contribution is -2.37. The zero-order valence-electron chi connectivity index (χ0n) is 17.5. The molecule has 32 heavy (non-hydrogen) atoms. The van der Waals surface area contributed by atoms with Crippen molar-refractivity contribution in [3.8, 4) is 23.6 Å². The van der Waals surface area contributed by atoms with Crippen LogP contribution < -0.4 is 21.1 Å². The average Bonchev–Trinajstić information content (AvgIpc) is 2.81. The Kier molecular flexibility index (Phi) is 5.82. The van der Waals surface area contributed by atoms with Crippen LogP contribution in [-0.2, 0) is 4.74 Å². The average molecular weight is 448 g/mol. The maximum atomic E-state index is 10.0. The summed E-state index contributed by atoms with van der Waals surface area (Å²) in [4.78, 5) is 6.43. The molecule has 3 heterocycles. The fraction of sp³-hybridized carbons (Fsp3) is 0.273. The maximum Gasteiger partial charge on any atom is 0.149 e. The number of benzene rings is 1. The van der Waals surface area contributed by atoms with Gasteiger partial charge in [0.05, 0.1) is 30.8 Å². The van der Waals surface area contributed by atoms with E-state index in [2.05, 4.69) is 17.1 Å². The van der Waals surface area contributed by atoms with E-state index in [1.807, 2.05) is 11.8 Å². The SMILES string of the molecule is CCOc1ccc(-n2c(N)c3c(N)nc(N4CCOCC4)c(C#N)c3c(C#N)c2=S)cc1. The van der Waals surface area contributed by atoms with Crippen LogP contribution >= 0.6 is 12.2 Å². The second-order valence-electron chi connectivity index (χ2n) is 7.10. The van der Waals surface area contributed by atoms with Gasteiger partial charge in [-0.05, 0) is 31.2 Å². The largest absolute Gasteiger partial charge is 0.494 e. The predicted molar refractivity (Wildman–Crippen MR) is 124 cm³/mol. The topological polar surface area (TPSA) is 139 Å². The first-order chi connectivity index (χ1) is 15.5. The molecule has 0 spiro atoms. The number of nitrogen functional groups attached to an aromatic ring is 2. The summed E-state index contributed by atoms with van der Waals surface area (Å²) in [6.07, 6.45) is 0. The molecule has 4 N–H and O–H groups in total. The van der Waals surface area contributed by atoms with E-state index in [-0.39, 0.29) is 27.4 Å². The highest BCUT2D eigenvalue weighted by molar-refractivity contribution is 7.71. The van der Waals surface area contributed by atoms with Crippen molar-refractivity contribution in [1.29, 1.82) is 10.5 Å². The maximum absolute atomic E-state index is 10.0. The lowest BCUT2D eigenvalue weighted by Gasteiger charge is -2.29. The zero-order valence-corrected chi connectivity index (χ0v) is 18.3. The number of hydrogen-bond acceptors (Lipinski definition) is 9. The normalized spacial score (nSPS) is 13.5. The molecular weight excluding hydrogens is 426 g/mol. The Morgan fingerprint density at radius 2 is 1.75 bits per heavy atom. The number of nitriles is 2. The van der Waals surface area contributed by atoms with Gasteiger partial charge >= 0.3 is 0 Å². The number of fused-ring (bicyclic) bond motifs is 1. The van der Waals surface area contributed by atoms with Crippen molar-refractivity contribution in [2.75, 3.05) is 49.3 Å². The first kappa shape index (κ1) is 21.4. The summed E-state index contributed by atoms with van der Waals surface area (Å²) in [5, 5.41) is 20.7. The third-order valence-electron chi connectivity index (χ3n) is 5.31. The molecule has 1 aliphatic rings. The van der Waals surface area contributed by atoms with Gasteiger partial charge in [-0.3, -0.25) is 4.57 Å². The number of nitrogens with zero attached hydrogens (tertiary/aromatic N) is 5. The van der Waals surface area contributed by atoms with Crippen LogP contribution in [0.4, 0.5) is 17.5 Å². The Bertz CT molecular complexity index is 1330. The van der Waals surface area contributed by atoms with Crippen LogP contribution in [0, 0.1) is 27.3 Å². The first-order valence-corrected chi connectivity index (χ1v) is 10.5. The highest BCUT2D eigenvalue weighted by atomic mass is 32.1. The van der Waals surface area contributed by atoms with Crippen LogP contribution in [0.5, 0.6) is 5.75 Å². The Hall–Kier alpha value is -3.86. The van der Waals surface area contributed by atoms with Gasteiger partial charge < -0.3 is 25.8 Å². The van der Waals surface area contributed by atoms with Gasteiger partial charge in [0.1, 0.15) is 45.5 Å². The predicted octanol–water partition coefficient (Wildman–Crippen LogP) is 2.90. The second kappa shape index (κ2) is 8.71. The third-order valence-corrected chi connectivity index (χ3v) is 5.70. The van der Waals surface area contributed by atoms with Crippen LogP contribution in [0.15, 0.2) is 24.3 Å². The van der Waals surface area contributed by atoms with Crippen molar-refractivity contribution < 1.29 is 9.47 Å². The van der Waals surface area contributed by atoms with E-state index in [1.54, 1.807) is 28.8 Å². The van der Waals surface area contributed by atoms with Crippen molar-refractivity contribution in [2.45, 2.75) is 6.92 Å². The lowest BCUT2D eigenvalue weighted by molar-refractivity contribution is 0.122. The number of ether oxygens (including phenoxy) is 2. The molecule has 162 valence electrons. The van der Waals surface area contributed by atoms with Crippen molar-refractivity contribution in [1.82, 2.24) is 9.55 Å². The van der Waals surface area contributed by atoms with Crippen molar-refractivity contribution in [2.24, 2.45) is 0 Å². The fourth-order valence-electron chi connectivity index (χ4n) is 3.87. The number of aromatic nitrogens is 2. The minimum atomic E-state index is 0.129. The van der Waals surface area contributed by atoms with Gasteiger partial charge in [0, 0.05) is 24.2 Å². The molecular formula is C22H21N7O2S. The van der Waals surface area contributed by atoms with E-state index in [1.165, 1.54) is 0 Å². The fourth-order valence-corrected chi connectivity index (χ4v) is 4.22. The molecule has 1 aliphatic heterocycles. The van der Waals surface area contributed by atoms with Crippen LogP contribution in [0.3, 0.4) is 0 Å². The molecule has 1 aromatic carbocycles. The van der Waals surface area contributed by atoms with E-state index >= 15 is 0 Å². The zero-order chi connectivity index (χ0) is 22.8. The van der Waals surface area contributed by atoms with Gasteiger partial charge in [-0.25, -0.2) is 4.98 Å². The quantitative estimate of drug-likeness (QED) is 0.578. The van der Waals surface area contributed by atoms with Gasteiger partial charge in [0.25, 0.3) is 0 Å². The molecule has 1 fully saturated rings. The van der Waals surface area contributed by atoms with E-state index in [0.717, 1.165) is 0 Å². The number of morpholine rings is 1. The molecule has 3 aromatic rings. The monoisotopic (exact) mass is 447 g/mol.